The summed E-state index contributed by atoms with van der Waals surface area (Å²) in [4.78, 5) is 38.3. The number of amides is 3. The summed E-state index contributed by atoms with van der Waals surface area (Å²) in [6, 6.07) is 5.02. The molecule has 0 aromatic heterocycles. The average molecular weight is 421 g/mol. The highest BCUT2D eigenvalue weighted by molar-refractivity contribution is 5.95. The molecule has 0 saturated carbocycles. The summed E-state index contributed by atoms with van der Waals surface area (Å²) in [5.74, 6) is 0.710. The number of rotatable bonds is 6. The lowest BCUT2D eigenvalue weighted by molar-refractivity contribution is -0.121. The largest absolute Gasteiger partial charge is 0.497 e. The zero-order valence-corrected chi connectivity index (χ0v) is 18.2. The van der Waals surface area contributed by atoms with E-state index in [2.05, 4.69) is 10.6 Å². The molecule has 1 aliphatic rings. The van der Waals surface area contributed by atoms with Crippen LogP contribution >= 0.6 is 0 Å². The van der Waals surface area contributed by atoms with Crippen molar-refractivity contribution in [2.24, 2.45) is 0 Å². The summed E-state index contributed by atoms with van der Waals surface area (Å²) in [7, 11) is 3.07. The fourth-order valence-electron chi connectivity index (χ4n) is 3.09. The van der Waals surface area contributed by atoms with Gasteiger partial charge in [-0.1, -0.05) is 0 Å². The van der Waals surface area contributed by atoms with Crippen LogP contribution in [0.2, 0.25) is 0 Å². The predicted molar refractivity (Wildman–Crippen MR) is 111 cm³/mol. The Bertz CT molecular complexity index is 744. The van der Waals surface area contributed by atoms with Crippen molar-refractivity contribution < 1.29 is 28.6 Å². The molecule has 0 unspecified atom stereocenters. The molecule has 1 aromatic rings. The summed E-state index contributed by atoms with van der Waals surface area (Å²) >= 11 is 0. The van der Waals surface area contributed by atoms with Crippen molar-refractivity contribution in [2.45, 2.75) is 45.3 Å². The molecular formula is C21H31N3O6. The SMILES string of the molecule is COc1cc(OC)cc(C(=O)N2CCC(NC(=O)CNC(=O)OC(C)(C)C)CC2)c1. The van der Waals surface area contributed by atoms with Gasteiger partial charge in [0.25, 0.3) is 5.91 Å². The first-order valence-electron chi connectivity index (χ1n) is 9.90. The van der Waals surface area contributed by atoms with Crippen molar-refractivity contribution in [2.75, 3.05) is 33.9 Å². The summed E-state index contributed by atoms with van der Waals surface area (Å²) in [5, 5.41) is 5.32. The lowest BCUT2D eigenvalue weighted by atomic mass is 10.0. The zero-order chi connectivity index (χ0) is 22.3. The smallest absolute Gasteiger partial charge is 0.408 e. The van der Waals surface area contributed by atoms with Crippen LogP contribution in [0.15, 0.2) is 18.2 Å². The van der Waals surface area contributed by atoms with Gasteiger partial charge in [0.05, 0.1) is 14.2 Å². The molecule has 0 radical (unpaired) electrons. The maximum Gasteiger partial charge on any atom is 0.408 e. The summed E-state index contributed by atoms with van der Waals surface area (Å²) in [5.41, 5.74) is -0.123. The van der Waals surface area contributed by atoms with Crippen LogP contribution in [-0.2, 0) is 9.53 Å². The van der Waals surface area contributed by atoms with Crippen LogP contribution < -0.4 is 20.1 Å². The highest BCUT2D eigenvalue weighted by Gasteiger charge is 2.25. The number of ether oxygens (including phenoxy) is 3. The first kappa shape index (κ1) is 23.3. The lowest BCUT2D eigenvalue weighted by Crippen LogP contribution is -2.49. The Morgan fingerprint density at radius 3 is 2.10 bits per heavy atom. The topological polar surface area (TPSA) is 106 Å². The molecule has 9 heteroatoms. The van der Waals surface area contributed by atoms with Crippen molar-refractivity contribution in [3.05, 3.63) is 23.8 Å². The highest BCUT2D eigenvalue weighted by Crippen LogP contribution is 2.24. The van der Waals surface area contributed by atoms with E-state index in [0.717, 1.165) is 0 Å². The molecule has 9 nitrogen and oxygen atoms in total. The molecule has 1 aliphatic heterocycles. The van der Waals surface area contributed by atoms with E-state index in [4.69, 9.17) is 14.2 Å². The van der Waals surface area contributed by atoms with Crippen molar-refractivity contribution in [1.29, 1.82) is 0 Å². The van der Waals surface area contributed by atoms with Crippen LogP contribution in [-0.4, -0.2) is 68.3 Å². The second kappa shape index (κ2) is 10.2. The third-order valence-corrected chi connectivity index (χ3v) is 4.54. The van der Waals surface area contributed by atoms with Gasteiger partial charge in [-0.3, -0.25) is 9.59 Å². The second-order valence-electron chi connectivity index (χ2n) is 8.09. The molecule has 1 aromatic carbocycles. The number of nitrogens with one attached hydrogen (secondary N) is 2. The monoisotopic (exact) mass is 421 g/mol. The molecule has 30 heavy (non-hydrogen) atoms. The van der Waals surface area contributed by atoms with E-state index in [-0.39, 0.29) is 24.4 Å². The number of hydrogen-bond acceptors (Lipinski definition) is 6. The van der Waals surface area contributed by atoms with Gasteiger partial charge in [0.1, 0.15) is 23.6 Å². The van der Waals surface area contributed by atoms with E-state index in [9.17, 15) is 14.4 Å². The molecule has 1 heterocycles. The minimum absolute atomic E-state index is 0.0539. The quantitative estimate of drug-likeness (QED) is 0.727. The summed E-state index contributed by atoms with van der Waals surface area (Å²) in [6.07, 6.45) is 0.627. The first-order chi connectivity index (χ1) is 14.1. The second-order valence-corrected chi connectivity index (χ2v) is 8.09. The van der Waals surface area contributed by atoms with Gasteiger partial charge in [-0.25, -0.2) is 4.79 Å². The first-order valence-corrected chi connectivity index (χ1v) is 9.90. The summed E-state index contributed by atoms with van der Waals surface area (Å²) < 4.78 is 15.6. The van der Waals surface area contributed by atoms with E-state index in [1.807, 2.05) is 0 Å². The number of likely N-dealkylation sites (tertiary alicyclic amines) is 1. The van der Waals surface area contributed by atoms with Crippen molar-refractivity contribution in [1.82, 2.24) is 15.5 Å². The number of carbonyl (C=O) groups excluding carboxylic acids is 3. The number of piperidine rings is 1. The van der Waals surface area contributed by atoms with Gasteiger partial charge in [-0.05, 0) is 45.7 Å². The van der Waals surface area contributed by atoms with E-state index in [1.54, 1.807) is 43.9 Å². The Hall–Kier alpha value is -2.97. The van der Waals surface area contributed by atoms with Gasteiger partial charge in [-0.2, -0.15) is 0 Å². The molecule has 0 bridgehead atoms. The molecule has 0 atom stereocenters. The van der Waals surface area contributed by atoms with E-state index < -0.39 is 11.7 Å². The van der Waals surface area contributed by atoms with Gasteiger partial charge in [0.15, 0.2) is 0 Å². The van der Waals surface area contributed by atoms with E-state index in [0.29, 0.717) is 43.0 Å². The Labute approximate surface area is 177 Å². The molecule has 2 N–H and O–H groups in total. The molecule has 2 rings (SSSR count). The summed E-state index contributed by atoms with van der Waals surface area (Å²) in [6.45, 7) is 6.14. The van der Waals surface area contributed by atoms with Crippen LogP contribution in [0.25, 0.3) is 0 Å². The van der Waals surface area contributed by atoms with Gasteiger partial charge in [-0.15, -0.1) is 0 Å². The molecule has 3 amide bonds. The molecule has 1 saturated heterocycles. The number of methoxy groups -OCH3 is 2. The van der Waals surface area contributed by atoms with E-state index in [1.165, 1.54) is 14.2 Å². The Morgan fingerprint density at radius 2 is 1.60 bits per heavy atom. The molecule has 0 aliphatic carbocycles. The molecule has 0 spiro atoms. The van der Waals surface area contributed by atoms with Gasteiger partial charge < -0.3 is 29.7 Å². The van der Waals surface area contributed by atoms with Gasteiger partial charge >= 0.3 is 6.09 Å². The Kier molecular flexibility index (Phi) is 7.91. The molecule has 1 fully saturated rings. The normalized spacial score (nSPS) is 14.6. The van der Waals surface area contributed by atoms with Gasteiger partial charge in [0.2, 0.25) is 5.91 Å². The average Bonchev–Trinajstić information content (AvgIpc) is 2.70. The lowest BCUT2D eigenvalue weighted by Gasteiger charge is -2.32. The third-order valence-electron chi connectivity index (χ3n) is 4.54. The fourth-order valence-corrected chi connectivity index (χ4v) is 3.09. The van der Waals surface area contributed by atoms with Gasteiger partial charge in [0, 0.05) is 30.8 Å². The number of carbonyl (C=O) groups is 3. The van der Waals surface area contributed by atoms with E-state index >= 15 is 0 Å². The Balaban J connectivity index is 1.81. The predicted octanol–water partition coefficient (Wildman–Crippen LogP) is 1.95. The third kappa shape index (κ3) is 7.13. The number of hydrogen-bond donors (Lipinski definition) is 2. The fraction of sp³-hybridized carbons (Fsp3) is 0.571. The number of benzene rings is 1. The number of alkyl carbamates (subject to hydrolysis) is 1. The van der Waals surface area contributed by atoms with Crippen LogP contribution in [0.5, 0.6) is 11.5 Å². The van der Waals surface area contributed by atoms with Crippen molar-refractivity contribution in [3.63, 3.8) is 0 Å². The Morgan fingerprint density at radius 1 is 1.03 bits per heavy atom. The molecular weight excluding hydrogens is 390 g/mol. The standard InChI is InChI=1S/C21H31N3O6/c1-21(2,3)30-20(27)22-13-18(25)23-15-6-8-24(9-7-15)19(26)14-10-16(28-4)12-17(11-14)29-5/h10-12,15H,6-9,13H2,1-5H3,(H,22,27)(H,23,25). The maximum atomic E-state index is 12.8. The van der Waals surface area contributed by atoms with Crippen LogP contribution in [0.4, 0.5) is 4.79 Å². The number of nitrogens with zero attached hydrogens (tertiary/aromatic N) is 1. The minimum Gasteiger partial charge on any atom is -0.497 e. The van der Waals surface area contributed by atoms with Crippen LogP contribution in [0.1, 0.15) is 44.0 Å². The highest BCUT2D eigenvalue weighted by atomic mass is 16.6. The van der Waals surface area contributed by atoms with Crippen LogP contribution in [0, 0.1) is 0 Å². The molecule has 166 valence electrons. The van der Waals surface area contributed by atoms with Crippen molar-refractivity contribution >= 4 is 17.9 Å². The maximum absolute atomic E-state index is 12.8. The zero-order valence-electron chi connectivity index (χ0n) is 18.2. The van der Waals surface area contributed by atoms with Crippen molar-refractivity contribution in [3.8, 4) is 11.5 Å². The van der Waals surface area contributed by atoms with Crippen LogP contribution in [0.3, 0.4) is 0 Å². The minimum atomic E-state index is -0.633.